The van der Waals surface area contributed by atoms with E-state index in [0.717, 1.165) is 29.8 Å². The zero-order valence-electron chi connectivity index (χ0n) is 30.6. The fourth-order valence-electron chi connectivity index (χ4n) is 7.77. The Balaban J connectivity index is 1.84. The number of nitrogens with zero attached hydrogens (tertiary/aromatic N) is 6. The van der Waals surface area contributed by atoms with E-state index in [2.05, 4.69) is 14.5 Å². The van der Waals surface area contributed by atoms with Gasteiger partial charge in [0.1, 0.15) is 65.8 Å². The summed E-state index contributed by atoms with van der Waals surface area (Å²) in [5.74, 6) is -5.47. The third-order valence-corrected chi connectivity index (χ3v) is 10.8. The summed E-state index contributed by atoms with van der Waals surface area (Å²) in [5.41, 5.74) is -4.55. The molecule has 2 aliphatic carbocycles. The summed E-state index contributed by atoms with van der Waals surface area (Å²) < 4.78 is 103. The fraction of sp³-hybridized carbons (Fsp3) is 0.0870. The second-order valence-electron chi connectivity index (χ2n) is 13.4. The number of benzene rings is 5. The molecule has 288 valence electrons. The predicted octanol–water partition coefficient (Wildman–Crippen LogP) is 10.8. The Bertz CT molecular complexity index is 3130. The maximum atomic E-state index is 15.6. The molecule has 0 amide bonds. The van der Waals surface area contributed by atoms with E-state index in [4.69, 9.17) is 19.7 Å². The predicted molar refractivity (Wildman–Crippen MR) is 208 cm³/mol. The van der Waals surface area contributed by atoms with Crippen molar-refractivity contribution in [1.29, 1.82) is 15.8 Å². The second kappa shape index (κ2) is 15.5. The first-order valence-electron chi connectivity index (χ1n) is 17.4. The smallest absolute Gasteiger partial charge is 0.232 e. The molecule has 0 radical (unpaired) electrons. The standard InChI is InChI=1S/C46H19F7N6S/c1-22-5-7-23(8-6-22)38-31-18-32(45(58-3)59-4)41(26-15-36(49)44(57-2)37(50)16-26)43(31)39(24-9-11-28(12-10-24)60-46(51,52)53)30-17-29(27(19-54)20-55)40(42(30)38)25-13-34(47)33(21-56)35(48)14-25/h5-16H,17-18H2,1H3. The number of halogens is 7. The lowest BCUT2D eigenvalue weighted by Crippen LogP contribution is -2.25. The first-order chi connectivity index (χ1) is 28.7. The number of fused-ring (bicyclic) bond motifs is 2. The topological polar surface area (TPSA) is 84.5 Å². The third-order valence-electron chi connectivity index (χ3n) is 10.1. The van der Waals surface area contributed by atoms with E-state index in [-0.39, 0.29) is 90.0 Å². The van der Waals surface area contributed by atoms with Gasteiger partial charge in [-0.25, -0.2) is 22.4 Å². The van der Waals surface area contributed by atoms with Crippen LogP contribution in [0.5, 0.6) is 0 Å². The Hall–Kier alpha value is -7.88. The Labute approximate surface area is 341 Å². The van der Waals surface area contributed by atoms with Gasteiger partial charge >= 0.3 is 11.3 Å². The minimum atomic E-state index is -4.65. The molecule has 5 aromatic carbocycles. The number of rotatable bonds is 5. The van der Waals surface area contributed by atoms with E-state index in [9.17, 15) is 29.0 Å². The second-order valence-corrected chi connectivity index (χ2v) is 14.6. The third kappa shape index (κ3) is 6.82. The maximum Gasteiger partial charge on any atom is 0.523 e. The van der Waals surface area contributed by atoms with Gasteiger partial charge in [-0.2, -0.15) is 38.6 Å². The van der Waals surface area contributed by atoms with Gasteiger partial charge in [-0.05, 0) is 133 Å². The minimum Gasteiger partial charge on any atom is -0.232 e. The molecule has 6 nitrogen and oxygen atoms in total. The van der Waals surface area contributed by atoms with Crippen LogP contribution < -0.4 is 10.4 Å². The first-order valence-corrected chi connectivity index (χ1v) is 18.2. The van der Waals surface area contributed by atoms with Crippen molar-refractivity contribution in [3.05, 3.63) is 197 Å². The van der Waals surface area contributed by atoms with Gasteiger partial charge in [0.25, 0.3) is 5.69 Å². The number of thioether (sulfide) groups is 1. The SMILES string of the molecule is [C-]#[N+]C([N+]#[C-])=C1Cc2c(-c3ccc(C)cc3)c3c(c(-c4ccc(SC(F)(F)F)cc4)c2=C1c1cc(F)c([N+]#[C-])c(F)c1)CC(=C(C#N)C#N)C=3c1cc(F)c(C#N)c(F)c1. The van der Waals surface area contributed by atoms with Crippen LogP contribution in [0.2, 0.25) is 0 Å². The summed E-state index contributed by atoms with van der Waals surface area (Å²) in [6.45, 7) is 25.0. The van der Waals surface area contributed by atoms with Crippen LogP contribution in [-0.4, -0.2) is 5.51 Å². The Morgan fingerprint density at radius 1 is 0.650 bits per heavy atom. The number of allylic oxidation sites excluding steroid dienone is 3. The quantitative estimate of drug-likeness (QED) is 0.0765. The van der Waals surface area contributed by atoms with E-state index in [1.807, 2.05) is 19.1 Å². The van der Waals surface area contributed by atoms with E-state index >= 15 is 17.6 Å². The summed E-state index contributed by atoms with van der Waals surface area (Å²) in [6, 6.07) is 20.8. The lowest BCUT2D eigenvalue weighted by atomic mass is 9.85. The Kier molecular flexibility index (Phi) is 10.4. The van der Waals surface area contributed by atoms with Crippen molar-refractivity contribution >= 4 is 28.6 Å². The van der Waals surface area contributed by atoms with Gasteiger partial charge < -0.3 is 0 Å². The molecule has 0 saturated heterocycles. The van der Waals surface area contributed by atoms with Crippen LogP contribution in [0, 0.1) is 83.9 Å². The van der Waals surface area contributed by atoms with Crippen LogP contribution in [0.1, 0.15) is 33.4 Å². The van der Waals surface area contributed by atoms with Gasteiger partial charge in [-0.15, -0.1) is 0 Å². The molecule has 0 saturated carbocycles. The summed E-state index contributed by atoms with van der Waals surface area (Å²) in [6.07, 6.45) is -0.551. The average molecular weight is 821 g/mol. The Morgan fingerprint density at radius 2 is 1.10 bits per heavy atom. The molecular weight excluding hydrogens is 802 g/mol. The maximum absolute atomic E-state index is 15.6. The van der Waals surface area contributed by atoms with E-state index in [0.29, 0.717) is 16.7 Å². The number of hydrogen-bond donors (Lipinski definition) is 0. The van der Waals surface area contributed by atoms with Gasteiger partial charge in [0, 0.05) is 11.3 Å². The van der Waals surface area contributed by atoms with Crippen molar-refractivity contribution in [2.24, 2.45) is 0 Å². The van der Waals surface area contributed by atoms with Gasteiger partial charge in [-0.1, -0.05) is 42.0 Å². The highest BCUT2D eigenvalue weighted by atomic mass is 32.2. The molecule has 0 bridgehead atoms. The molecule has 0 aliphatic heterocycles. The summed E-state index contributed by atoms with van der Waals surface area (Å²) in [7, 11) is 0. The molecule has 0 unspecified atom stereocenters. The Morgan fingerprint density at radius 3 is 1.53 bits per heavy atom. The molecule has 5 aromatic rings. The van der Waals surface area contributed by atoms with Crippen molar-refractivity contribution in [2.75, 3.05) is 0 Å². The lowest BCUT2D eigenvalue weighted by Gasteiger charge is -2.18. The number of hydrogen-bond acceptors (Lipinski definition) is 4. The van der Waals surface area contributed by atoms with Crippen LogP contribution in [-0.2, 0) is 12.8 Å². The van der Waals surface area contributed by atoms with Crippen molar-refractivity contribution in [3.63, 3.8) is 0 Å². The van der Waals surface area contributed by atoms with E-state index < -0.39 is 51.4 Å². The normalized spacial score (nSPS) is 12.7. The van der Waals surface area contributed by atoms with Crippen LogP contribution in [0.25, 0.3) is 47.9 Å². The monoisotopic (exact) mass is 820 g/mol. The van der Waals surface area contributed by atoms with E-state index in [1.165, 1.54) is 30.3 Å². The van der Waals surface area contributed by atoms with Gasteiger partial charge in [0.05, 0.1) is 12.1 Å². The summed E-state index contributed by atoms with van der Waals surface area (Å²) in [4.78, 5) is 9.62. The highest BCUT2D eigenvalue weighted by Gasteiger charge is 2.37. The molecule has 0 fully saturated rings. The molecule has 0 atom stereocenters. The number of alkyl halides is 3. The molecular formula is C46H19F7N6S. The number of aryl methyl sites for hydroxylation is 1. The minimum absolute atomic E-state index is 0.00327. The lowest BCUT2D eigenvalue weighted by molar-refractivity contribution is -0.0328. The highest BCUT2D eigenvalue weighted by molar-refractivity contribution is 8.00. The molecule has 14 heteroatoms. The molecule has 2 aliphatic rings. The fourth-order valence-corrected chi connectivity index (χ4v) is 8.31. The molecule has 60 heavy (non-hydrogen) atoms. The van der Waals surface area contributed by atoms with Crippen molar-refractivity contribution in [1.82, 2.24) is 0 Å². The van der Waals surface area contributed by atoms with Crippen LogP contribution >= 0.6 is 11.8 Å². The van der Waals surface area contributed by atoms with Gasteiger partial charge in [0.15, 0.2) is 0 Å². The zero-order chi connectivity index (χ0) is 43.2. The molecule has 0 heterocycles. The van der Waals surface area contributed by atoms with E-state index in [1.54, 1.807) is 24.3 Å². The summed E-state index contributed by atoms with van der Waals surface area (Å²) >= 11 is -0.380. The molecule has 0 aromatic heterocycles. The summed E-state index contributed by atoms with van der Waals surface area (Å²) in [5, 5.41) is 30.4. The molecule has 0 spiro atoms. The zero-order valence-corrected chi connectivity index (χ0v) is 31.4. The highest BCUT2D eigenvalue weighted by Crippen LogP contribution is 2.44. The van der Waals surface area contributed by atoms with Crippen molar-refractivity contribution < 1.29 is 30.7 Å². The molecule has 7 rings (SSSR count). The van der Waals surface area contributed by atoms with Crippen molar-refractivity contribution in [3.8, 4) is 40.5 Å². The van der Waals surface area contributed by atoms with Crippen LogP contribution in [0.4, 0.5) is 36.4 Å². The largest absolute Gasteiger partial charge is 0.523 e. The average Bonchev–Trinajstić information content (AvgIpc) is 3.78. The van der Waals surface area contributed by atoms with Crippen LogP contribution in [0.3, 0.4) is 0 Å². The van der Waals surface area contributed by atoms with Gasteiger partial charge in [0.2, 0.25) is 0 Å². The molecule has 0 N–H and O–H groups in total. The van der Waals surface area contributed by atoms with Gasteiger partial charge in [-0.3, -0.25) is 0 Å². The first kappa shape index (κ1) is 40.3. The van der Waals surface area contributed by atoms with Crippen molar-refractivity contribution in [2.45, 2.75) is 30.2 Å². The van der Waals surface area contributed by atoms with Crippen LogP contribution in [0.15, 0.2) is 100 Å². The number of nitriles is 3.